The fourth-order valence-corrected chi connectivity index (χ4v) is 4.10. The van der Waals surface area contributed by atoms with E-state index in [0.717, 1.165) is 37.7 Å². The molecule has 0 radical (unpaired) electrons. The number of carbonyl (C=O) groups is 1. The van der Waals surface area contributed by atoms with Crippen LogP contribution < -0.4 is 4.74 Å². The summed E-state index contributed by atoms with van der Waals surface area (Å²) in [7, 11) is 0. The fraction of sp³-hybridized carbons (Fsp3) is 0.435. The molecule has 3 rings (SSSR count). The van der Waals surface area contributed by atoms with Crippen molar-refractivity contribution < 1.29 is 14.5 Å². The van der Waals surface area contributed by atoms with Crippen molar-refractivity contribution in [3.8, 4) is 5.75 Å². The van der Waals surface area contributed by atoms with Crippen LogP contribution in [0.15, 0.2) is 54.6 Å². The number of nitro groups is 1. The van der Waals surface area contributed by atoms with Gasteiger partial charge in [-0.1, -0.05) is 68.7 Å². The Morgan fingerprint density at radius 2 is 1.75 bits per heavy atom. The van der Waals surface area contributed by atoms with E-state index in [0.29, 0.717) is 11.3 Å². The fourth-order valence-electron chi connectivity index (χ4n) is 4.10. The second kappa shape index (κ2) is 9.49. The summed E-state index contributed by atoms with van der Waals surface area (Å²) < 4.78 is 6.24. The molecule has 0 aromatic heterocycles. The molecule has 0 saturated heterocycles. The molecule has 3 atom stereocenters. The van der Waals surface area contributed by atoms with E-state index in [1.165, 1.54) is 0 Å². The Labute approximate surface area is 165 Å². The van der Waals surface area contributed by atoms with E-state index in [9.17, 15) is 14.9 Å². The van der Waals surface area contributed by atoms with Gasteiger partial charge in [0.05, 0.1) is 17.4 Å². The van der Waals surface area contributed by atoms with E-state index in [4.69, 9.17) is 4.74 Å². The van der Waals surface area contributed by atoms with Crippen molar-refractivity contribution in [2.45, 2.75) is 51.0 Å². The number of hydrogen-bond acceptors (Lipinski definition) is 4. The SMILES string of the molecule is CCCCCCC1Oc2ccccc2C(=O)C1C(C[N+](=O)[O-])c1ccccc1. The Hall–Kier alpha value is -2.69. The first-order chi connectivity index (χ1) is 13.6. The van der Waals surface area contributed by atoms with Gasteiger partial charge in [-0.2, -0.15) is 0 Å². The van der Waals surface area contributed by atoms with Crippen LogP contribution in [0.25, 0.3) is 0 Å². The second-order valence-corrected chi connectivity index (χ2v) is 7.42. The largest absolute Gasteiger partial charge is 0.489 e. The predicted octanol–water partition coefficient (Wildman–Crippen LogP) is 5.28. The molecular weight excluding hydrogens is 354 g/mol. The van der Waals surface area contributed by atoms with Crippen LogP contribution in [0.5, 0.6) is 5.75 Å². The van der Waals surface area contributed by atoms with Gasteiger partial charge in [0.15, 0.2) is 5.78 Å². The Balaban J connectivity index is 1.95. The van der Waals surface area contributed by atoms with E-state index in [-0.39, 0.29) is 23.4 Å². The lowest BCUT2D eigenvalue weighted by Gasteiger charge is -2.36. The predicted molar refractivity (Wildman–Crippen MR) is 108 cm³/mol. The molecule has 0 amide bonds. The highest BCUT2D eigenvalue weighted by atomic mass is 16.6. The van der Waals surface area contributed by atoms with Crippen molar-refractivity contribution in [3.05, 3.63) is 75.8 Å². The molecule has 2 aromatic carbocycles. The molecule has 5 nitrogen and oxygen atoms in total. The number of rotatable bonds is 9. The zero-order valence-electron chi connectivity index (χ0n) is 16.3. The highest BCUT2D eigenvalue weighted by Crippen LogP contribution is 2.40. The molecule has 1 aliphatic heterocycles. The Morgan fingerprint density at radius 1 is 1.04 bits per heavy atom. The first-order valence-corrected chi connectivity index (χ1v) is 10.1. The van der Waals surface area contributed by atoms with Gasteiger partial charge in [0.2, 0.25) is 6.54 Å². The number of ether oxygens (including phenoxy) is 1. The van der Waals surface area contributed by atoms with Crippen molar-refractivity contribution in [1.82, 2.24) is 0 Å². The number of hydrogen-bond donors (Lipinski definition) is 0. The van der Waals surface area contributed by atoms with Crippen LogP contribution >= 0.6 is 0 Å². The van der Waals surface area contributed by atoms with Crippen LogP contribution in [0, 0.1) is 16.0 Å². The van der Waals surface area contributed by atoms with Crippen LogP contribution in [0.1, 0.15) is 60.9 Å². The molecule has 0 aliphatic carbocycles. The molecule has 3 unspecified atom stereocenters. The van der Waals surface area contributed by atoms with Crippen LogP contribution in [0.3, 0.4) is 0 Å². The minimum Gasteiger partial charge on any atom is -0.489 e. The summed E-state index contributed by atoms with van der Waals surface area (Å²) in [6.07, 6.45) is 4.67. The average molecular weight is 381 g/mol. The smallest absolute Gasteiger partial charge is 0.211 e. The molecule has 0 saturated carbocycles. The molecule has 28 heavy (non-hydrogen) atoms. The van der Waals surface area contributed by atoms with Gasteiger partial charge in [0.1, 0.15) is 11.9 Å². The molecular formula is C23H27NO4. The van der Waals surface area contributed by atoms with E-state index >= 15 is 0 Å². The first-order valence-electron chi connectivity index (χ1n) is 10.1. The molecule has 1 aliphatic rings. The van der Waals surface area contributed by atoms with Crippen molar-refractivity contribution in [3.63, 3.8) is 0 Å². The summed E-state index contributed by atoms with van der Waals surface area (Å²) in [5, 5.41) is 11.4. The van der Waals surface area contributed by atoms with Crippen molar-refractivity contribution in [2.75, 3.05) is 6.54 Å². The number of Topliss-reactive ketones (excluding diaryl/α,β-unsaturated/α-hetero) is 1. The van der Waals surface area contributed by atoms with Gasteiger partial charge >= 0.3 is 0 Å². The lowest BCUT2D eigenvalue weighted by Crippen LogP contribution is -2.43. The molecule has 0 bridgehead atoms. The summed E-state index contributed by atoms with van der Waals surface area (Å²) in [4.78, 5) is 24.5. The quantitative estimate of drug-likeness (QED) is 0.337. The lowest BCUT2D eigenvalue weighted by atomic mass is 9.75. The average Bonchev–Trinajstić information content (AvgIpc) is 2.71. The third-order valence-electron chi connectivity index (χ3n) is 5.48. The van der Waals surface area contributed by atoms with Gasteiger partial charge in [-0.25, -0.2) is 0 Å². The Morgan fingerprint density at radius 3 is 2.46 bits per heavy atom. The maximum absolute atomic E-state index is 13.4. The number of unbranched alkanes of at least 4 members (excludes halogenated alkanes) is 3. The van der Waals surface area contributed by atoms with E-state index < -0.39 is 11.8 Å². The topological polar surface area (TPSA) is 69.4 Å². The van der Waals surface area contributed by atoms with Crippen molar-refractivity contribution in [1.29, 1.82) is 0 Å². The molecule has 1 heterocycles. The van der Waals surface area contributed by atoms with Crippen LogP contribution in [0.2, 0.25) is 0 Å². The summed E-state index contributed by atoms with van der Waals surface area (Å²) in [6, 6.07) is 16.6. The number of ketones is 1. The molecule has 2 aromatic rings. The van der Waals surface area contributed by atoms with E-state index in [2.05, 4.69) is 6.92 Å². The minimum atomic E-state index is -0.552. The normalized spacial score (nSPS) is 19.5. The summed E-state index contributed by atoms with van der Waals surface area (Å²) in [5.41, 5.74) is 1.35. The summed E-state index contributed by atoms with van der Waals surface area (Å²) in [5.74, 6) is -0.507. The number of para-hydroxylation sites is 1. The third-order valence-corrected chi connectivity index (χ3v) is 5.48. The van der Waals surface area contributed by atoms with Gasteiger partial charge in [-0.15, -0.1) is 0 Å². The highest BCUT2D eigenvalue weighted by Gasteiger charge is 2.44. The van der Waals surface area contributed by atoms with Gasteiger partial charge in [-0.05, 0) is 30.5 Å². The minimum absolute atomic E-state index is 0.0435. The first kappa shape index (κ1) is 20.1. The number of benzene rings is 2. The standard InChI is InChI=1S/C23H27NO4/c1-2-3-4-8-15-21-22(23(25)18-13-9-10-14-20(18)28-21)19(16-24(26)27)17-11-6-5-7-12-17/h5-7,9-14,19,21-22H,2-4,8,15-16H2,1H3. The highest BCUT2D eigenvalue weighted by molar-refractivity contribution is 6.02. The zero-order valence-corrected chi connectivity index (χ0v) is 16.3. The lowest BCUT2D eigenvalue weighted by molar-refractivity contribution is -0.484. The Kier molecular flexibility index (Phi) is 6.80. The van der Waals surface area contributed by atoms with Gasteiger partial charge in [0, 0.05) is 4.92 Å². The van der Waals surface area contributed by atoms with Gasteiger partial charge in [0.25, 0.3) is 0 Å². The van der Waals surface area contributed by atoms with Gasteiger partial charge < -0.3 is 4.74 Å². The molecule has 0 spiro atoms. The summed E-state index contributed by atoms with van der Waals surface area (Å²) >= 11 is 0. The van der Waals surface area contributed by atoms with Crippen LogP contribution in [0.4, 0.5) is 0 Å². The zero-order chi connectivity index (χ0) is 19.9. The van der Waals surface area contributed by atoms with Crippen LogP contribution in [-0.2, 0) is 0 Å². The summed E-state index contributed by atoms with van der Waals surface area (Å²) in [6.45, 7) is 1.87. The third kappa shape index (κ3) is 4.58. The van der Waals surface area contributed by atoms with E-state index in [1.807, 2.05) is 48.5 Å². The Bertz CT molecular complexity index is 805. The van der Waals surface area contributed by atoms with Crippen molar-refractivity contribution in [2.24, 2.45) is 5.92 Å². The van der Waals surface area contributed by atoms with Crippen LogP contribution in [-0.4, -0.2) is 23.4 Å². The maximum Gasteiger partial charge on any atom is 0.211 e. The molecule has 5 heteroatoms. The second-order valence-electron chi connectivity index (χ2n) is 7.42. The number of nitrogens with zero attached hydrogens (tertiary/aromatic N) is 1. The molecule has 0 fully saturated rings. The molecule has 0 N–H and O–H groups in total. The maximum atomic E-state index is 13.4. The van der Waals surface area contributed by atoms with Crippen molar-refractivity contribution >= 4 is 5.78 Å². The number of carbonyl (C=O) groups excluding carboxylic acids is 1. The van der Waals surface area contributed by atoms with E-state index in [1.54, 1.807) is 6.07 Å². The number of fused-ring (bicyclic) bond motifs is 1. The van der Waals surface area contributed by atoms with Gasteiger partial charge in [-0.3, -0.25) is 14.9 Å². The monoisotopic (exact) mass is 381 g/mol. The molecule has 148 valence electrons.